The van der Waals surface area contributed by atoms with Crippen molar-refractivity contribution in [1.29, 1.82) is 0 Å². The van der Waals surface area contributed by atoms with Crippen LogP contribution in [-0.4, -0.2) is 48.6 Å². The largest absolute Gasteiger partial charge is 0.478 e. The Balaban J connectivity index is 1.58. The second-order valence-electron chi connectivity index (χ2n) is 6.12. The number of imide groups is 1. The van der Waals surface area contributed by atoms with Crippen LogP contribution < -0.4 is 10.1 Å². The number of nitrogens with zero attached hydrogens (tertiary/aromatic N) is 1. The number of benzene rings is 1. The van der Waals surface area contributed by atoms with E-state index in [9.17, 15) is 23.2 Å². The van der Waals surface area contributed by atoms with Gasteiger partial charge < -0.3 is 10.1 Å². The highest BCUT2D eigenvalue weighted by atomic mass is 32.2. The van der Waals surface area contributed by atoms with Gasteiger partial charge >= 0.3 is 0 Å². The van der Waals surface area contributed by atoms with Crippen LogP contribution in [0.25, 0.3) is 0 Å². The summed E-state index contributed by atoms with van der Waals surface area (Å²) in [6, 6.07) is 2.18. The number of hydrogen-bond donors (Lipinski definition) is 1. The van der Waals surface area contributed by atoms with Crippen molar-refractivity contribution in [3.63, 3.8) is 0 Å². The van der Waals surface area contributed by atoms with E-state index >= 15 is 0 Å². The molecule has 0 spiro atoms. The van der Waals surface area contributed by atoms with Crippen molar-refractivity contribution in [2.75, 3.05) is 26.0 Å². The maximum absolute atomic E-state index is 14.1. The number of carbonyl (C=O) groups is 3. The zero-order valence-electron chi connectivity index (χ0n) is 15.1. The van der Waals surface area contributed by atoms with Crippen LogP contribution in [0.15, 0.2) is 40.3 Å². The van der Waals surface area contributed by atoms with Gasteiger partial charge in [-0.3, -0.25) is 19.3 Å². The van der Waals surface area contributed by atoms with Crippen molar-refractivity contribution in [3.05, 3.63) is 47.1 Å². The Morgan fingerprint density at radius 1 is 1.25 bits per heavy atom. The van der Waals surface area contributed by atoms with Crippen molar-refractivity contribution in [1.82, 2.24) is 10.2 Å². The number of allylic oxidation sites excluding steroid dienone is 1. The van der Waals surface area contributed by atoms with E-state index in [1.807, 2.05) is 6.08 Å². The number of rotatable bonds is 7. The average Bonchev–Trinajstić information content (AvgIpc) is 2.92. The lowest BCUT2D eigenvalue weighted by molar-refractivity contribution is -0.137. The van der Waals surface area contributed by atoms with E-state index in [0.29, 0.717) is 28.2 Å². The third-order valence-electron chi connectivity index (χ3n) is 4.33. The first-order valence-electron chi connectivity index (χ1n) is 8.63. The fraction of sp³-hybridized carbons (Fsp3) is 0.316. The molecule has 1 heterocycles. The molecule has 0 fully saturated rings. The van der Waals surface area contributed by atoms with Crippen LogP contribution in [0.1, 0.15) is 12.8 Å². The highest BCUT2D eigenvalue weighted by molar-refractivity contribution is 7.99. The first-order chi connectivity index (χ1) is 13.4. The van der Waals surface area contributed by atoms with Crippen LogP contribution >= 0.6 is 11.8 Å². The Labute approximate surface area is 164 Å². The number of thioether (sulfide) groups is 1. The molecule has 9 heteroatoms. The van der Waals surface area contributed by atoms with E-state index in [-0.39, 0.29) is 18.4 Å². The lowest BCUT2D eigenvalue weighted by Gasteiger charge is -2.15. The number of nitrogens with one attached hydrogen (secondary N) is 1. The van der Waals surface area contributed by atoms with Gasteiger partial charge in [0.1, 0.15) is 0 Å². The Morgan fingerprint density at radius 3 is 2.61 bits per heavy atom. The predicted octanol–water partition coefficient (Wildman–Crippen LogP) is 2.20. The van der Waals surface area contributed by atoms with E-state index in [2.05, 4.69) is 5.32 Å². The van der Waals surface area contributed by atoms with Gasteiger partial charge in [0.15, 0.2) is 24.0 Å². The molecular weight excluding hydrogens is 390 g/mol. The fourth-order valence-corrected chi connectivity index (χ4v) is 3.80. The zero-order chi connectivity index (χ0) is 20.3. The van der Waals surface area contributed by atoms with E-state index in [1.54, 1.807) is 6.08 Å². The minimum absolute atomic E-state index is 0.140. The van der Waals surface area contributed by atoms with E-state index in [4.69, 9.17) is 4.74 Å². The molecule has 0 atom stereocenters. The molecule has 3 amide bonds. The zero-order valence-corrected chi connectivity index (χ0v) is 15.9. The molecule has 0 unspecified atom stereocenters. The third-order valence-corrected chi connectivity index (χ3v) is 5.29. The van der Waals surface area contributed by atoms with Crippen molar-refractivity contribution in [3.8, 4) is 5.75 Å². The summed E-state index contributed by atoms with van der Waals surface area (Å²) in [7, 11) is 1.39. The fourth-order valence-electron chi connectivity index (χ4n) is 2.91. The third kappa shape index (κ3) is 4.09. The molecule has 148 valence electrons. The van der Waals surface area contributed by atoms with Crippen molar-refractivity contribution in [2.24, 2.45) is 0 Å². The summed E-state index contributed by atoms with van der Waals surface area (Å²) in [5, 5.41) is 2.29. The molecule has 0 aromatic heterocycles. The highest BCUT2D eigenvalue weighted by Gasteiger charge is 2.36. The van der Waals surface area contributed by atoms with Gasteiger partial charge in [-0.2, -0.15) is 0 Å². The number of ether oxygens (including phenoxy) is 1. The molecule has 0 radical (unpaired) electrons. The van der Waals surface area contributed by atoms with Crippen LogP contribution in [0.5, 0.6) is 5.75 Å². The highest BCUT2D eigenvalue weighted by Crippen LogP contribution is 2.31. The molecule has 1 aromatic rings. The van der Waals surface area contributed by atoms with Gasteiger partial charge in [0.2, 0.25) is 0 Å². The van der Waals surface area contributed by atoms with Crippen molar-refractivity contribution >= 4 is 29.5 Å². The summed E-state index contributed by atoms with van der Waals surface area (Å²) in [6.45, 7) is -0.358. The van der Waals surface area contributed by atoms with Gasteiger partial charge in [-0.15, -0.1) is 11.8 Å². The molecule has 1 N–H and O–H groups in total. The minimum atomic E-state index is -0.929. The van der Waals surface area contributed by atoms with Gasteiger partial charge in [0.05, 0.1) is 0 Å². The molecule has 0 saturated carbocycles. The summed E-state index contributed by atoms with van der Waals surface area (Å²) in [6.07, 6.45) is 4.82. The number of hydrogen-bond acceptors (Lipinski definition) is 5. The molecule has 0 saturated heterocycles. The lowest BCUT2D eigenvalue weighted by Crippen LogP contribution is -2.33. The average molecular weight is 408 g/mol. The monoisotopic (exact) mass is 408 g/mol. The van der Waals surface area contributed by atoms with E-state index < -0.39 is 29.9 Å². The summed E-state index contributed by atoms with van der Waals surface area (Å²) < 4.78 is 33.0. The Hall–Kier alpha value is -2.68. The second kappa shape index (κ2) is 8.55. The molecule has 1 aromatic carbocycles. The Bertz CT molecular complexity index is 875. The molecule has 2 aliphatic rings. The number of halogens is 2. The Morgan fingerprint density at radius 2 is 1.96 bits per heavy atom. The molecule has 0 bridgehead atoms. The van der Waals surface area contributed by atoms with Crippen LogP contribution in [0.2, 0.25) is 0 Å². The van der Waals surface area contributed by atoms with Crippen LogP contribution in [0, 0.1) is 11.6 Å². The Kier molecular flexibility index (Phi) is 6.13. The summed E-state index contributed by atoms with van der Waals surface area (Å²) in [5.74, 6) is -3.32. The molecule has 6 nitrogen and oxygen atoms in total. The molecule has 1 aliphatic heterocycles. The van der Waals surface area contributed by atoms with E-state index in [0.717, 1.165) is 30.3 Å². The van der Waals surface area contributed by atoms with Crippen molar-refractivity contribution in [2.45, 2.75) is 17.7 Å². The maximum Gasteiger partial charge on any atom is 0.261 e. The SMILES string of the molecule is CNC(=O)COc1c(F)cc(SCCN2C(=O)C3=C(CCC=C3)C2=O)cc1F. The summed E-state index contributed by atoms with van der Waals surface area (Å²) >= 11 is 1.11. The number of likely N-dealkylation sites (N-methyl/N-ethyl adjacent to an activating group) is 1. The summed E-state index contributed by atoms with van der Waals surface area (Å²) in [5.41, 5.74) is 0.975. The van der Waals surface area contributed by atoms with Gasteiger partial charge in [-0.05, 0) is 25.0 Å². The first-order valence-corrected chi connectivity index (χ1v) is 9.62. The predicted molar refractivity (Wildman–Crippen MR) is 98.8 cm³/mol. The first kappa shape index (κ1) is 20.1. The van der Waals surface area contributed by atoms with Crippen LogP contribution in [0.4, 0.5) is 8.78 Å². The quantitative estimate of drug-likeness (QED) is 0.553. The maximum atomic E-state index is 14.1. The van der Waals surface area contributed by atoms with Gasteiger partial charge in [-0.25, -0.2) is 8.78 Å². The molecule has 1 aliphatic carbocycles. The van der Waals surface area contributed by atoms with Crippen LogP contribution in [-0.2, 0) is 14.4 Å². The topological polar surface area (TPSA) is 75.7 Å². The standard InChI is InChI=1S/C19H18F2N2O4S/c1-22-16(24)10-27-17-14(20)8-11(9-15(17)21)28-7-6-23-18(25)12-4-2-3-5-13(12)19(23)26/h2,4,8-9H,3,5-7,10H2,1H3,(H,22,24). The smallest absolute Gasteiger partial charge is 0.261 e. The summed E-state index contributed by atoms with van der Waals surface area (Å²) in [4.78, 5) is 37.2. The molecule has 3 rings (SSSR count). The molecule has 28 heavy (non-hydrogen) atoms. The second-order valence-corrected chi connectivity index (χ2v) is 7.29. The lowest BCUT2D eigenvalue weighted by atomic mass is 10.00. The normalized spacial score (nSPS) is 15.9. The van der Waals surface area contributed by atoms with Crippen LogP contribution in [0.3, 0.4) is 0 Å². The van der Waals surface area contributed by atoms with Crippen molar-refractivity contribution < 1.29 is 27.9 Å². The van der Waals surface area contributed by atoms with Gasteiger partial charge in [0, 0.05) is 35.4 Å². The molecular formula is C19H18F2N2O4S. The minimum Gasteiger partial charge on any atom is -0.478 e. The van der Waals surface area contributed by atoms with Gasteiger partial charge in [0.25, 0.3) is 17.7 Å². The van der Waals surface area contributed by atoms with E-state index in [1.165, 1.54) is 11.9 Å². The number of amides is 3. The number of carbonyl (C=O) groups excluding carboxylic acids is 3. The van der Waals surface area contributed by atoms with Gasteiger partial charge in [-0.1, -0.05) is 12.2 Å².